The highest BCUT2D eigenvalue weighted by molar-refractivity contribution is 5.89. The second-order valence-corrected chi connectivity index (χ2v) is 5.99. The molecule has 1 aromatic carbocycles. The number of fused-ring (bicyclic) bond motifs is 1. The van der Waals surface area contributed by atoms with Crippen molar-refractivity contribution in [1.29, 1.82) is 0 Å². The minimum absolute atomic E-state index is 0.156. The molecule has 1 N–H and O–H groups in total. The number of hydrogen-bond acceptors (Lipinski definition) is 3. The van der Waals surface area contributed by atoms with E-state index >= 15 is 0 Å². The number of halogens is 3. The van der Waals surface area contributed by atoms with E-state index in [1.165, 1.54) is 12.1 Å². The molecule has 0 aliphatic carbocycles. The summed E-state index contributed by atoms with van der Waals surface area (Å²) in [4.78, 5) is 2.37. The predicted molar refractivity (Wildman–Crippen MR) is 79.6 cm³/mol. The normalized spacial score (nSPS) is 25.5. The molecule has 2 aliphatic rings. The molecular formula is C16H20F3N3. The summed E-state index contributed by atoms with van der Waals surface area (Å²) in [5, 5.41) is 4.36. The van der Waals surface area contributed by atoms with Crippen LogP contribution >= 0.6 is 0 Å². The molecule has 1 aromatic rings. The first kappa shape index (κ1) is 15.3. The van der Waals surface area contributed by atoms with E-state index in [2.05, 4.69) is 22.4 Å². The molecule has 0 radical (unpaired) electrons. The second kappa shape index (κ2) is 5.91. The van der Waals surface area contributed by atoms with Crippen molar-refractivity contribution in [3.63, 3.8) is 0 Å². The Hall–Kier alpha value is -1.56. The second-order valence-electron chi connectivity index (χ2n) is 5.99. The first-order chi connectivity index (χ1) is 10.5. The van der Waals surface area contributed by atoms with Crippen LogP contribution in [0.3, 0.4) is 0 Å². The first-order valence-corrected chi connectivity index (χ1v) is 7.70. The van der Waals surface area contributed by atoms with Crippen LogP contribution in [0.15, 0.2) is 29.4 Å². The van der Waals surface area contributed by atoms with Crippen molar-refractivity contribution in [3.8, 4) is 0 Å². The highest BCUT2D eigenvalue weighted by atomic mass is 19.4. The Balaban J connectivity index is 1.81. The summed E-state index contributed by atoms with van der Waals surface area (Å²) in [6, 6.07) is 5.44. The van der Waals surface area contributed by atoms with Crippen LogP contribution in [0.5, 0.6) is 0 Å². The zero-order chi connectivity index (χ0) is 15.7. The van der Waals surface area contributed by atoms with Crippen LogP contribution in [-0.4, -0.2) is 30.2 Å². The van der Waals surface area contributed by atoms with Gasteiger partial charge in [-0.2, -0.15) is 18.3 Å². The molecule has 22 heavy (non-hydrogen) atoms. The lowest BCUT2D eigenvalue weighted by Crippen LogP contribution is -2.42. The highest BCUT2D eigenvalue weighted by Crippen LogP contribution is 2.35. The lowest BCUT2D eigenvalue weighted by Gasteiger charge is -2.33. The van der Waals surface area contributed by atoms with Crippen molar-refractivity contribution in [3.05, 3.63) is 35.4 Å². The Morgan fingerprint density at radius 3 is 2.91 bits per heavy atom. The van der Waals surface area contributed by atoms with E-state index in [0.29, 0.717) is 5.56 Å². The number of piperidine rings is 1. The van der Waals surface area contributed by atoms with Gasteiger partial charge in [0, 0.05) is 31.1 Å². The number of benzene rings is 1. The number of nitrogens with one attached hydrogen (secondary N) is 1. The molecule has 0 bridgehead atoms. The molecule has 6 heteroatoms. The summed E-state index contributed by atoms with van der Waals surface area (Å²) in [6.45, 7) is 5.01. The average molecular weight is 311 g/mol. The minimum Gasteiger partial charge on any atom is -0.302 e. The fraction of sp³-hybridized carbons (Fsp3) is 0.562. The zero-order valence-electron chi connectivity index (χ0n) is 12.5. The third-order valence-electron chi connectivity index (χ3n) is 4.43. The van der Waals surface area contributed by atoms with Gasteiger partial charge < -0.3 is 10.3 Å². The van der Waals surface area contributed by atoms with Crippen molar-refractivity contribution in [2.75, 3.05) is 19.6 Å². The Morgan fingerprint density at radius 2 is 2.18 bits per heavy atom. The van der Waals surface area contributed by atoms with Gasteiger partial charge in [-0.25, -0.2) is 0 Å². The number of alkyl halides is 3. The fourth-order valence-corrected chi connectivity index (χ4v) is 3.35. The molecule has 1 saturated heterocycles. The van der Waals surface area contributed by atoms with E-state index in [4.69, 9.17) is 0 Å². The van der Waals surface area contributed by atoms with Crippen LogP contribution in [0.4, 0.5) is 13.2 Å². The van der Waals surface area contributed by atoms with Gasteiger partial charge in [0.05, 0.1) is 11.6 Å². The maximum atomic E-state index is 12.9. The number of rotatable bonds is 3. The standard InChI is InChI=1S/C16H20F3N3/c1-2-7-22-8-6-14-13(10-22)15(21-20-14)11-4-3-5-12(9-11)16(17,18)19/h3-5,9,13,15,21H,2,6-8,10H2,1H3. The quantitative estimate of drug-likeness (QED) is 0.926. The van der Waals surface area contributed by atoms with Gasteiger partial charge in [0.25, 0.3) is 0 Å². The summed E-state index contributed by atoms with van der Waals surface area (Å²) in [7, 11) is 0. The van der Waals surface area contributed by atoms with Gasteiger partial charge in [-0.1, -0.05) is 19.1 Å². The van der Waals surface area contributed by atoms with Crippen molar-refractivity contribution < 1.29 is 13.2 Å². The minimum atomic E-state index is -4.31. The third kappa shape index (κ3) is 2.97. The number of likely N-dealkylation sites (tertiary alicyclic amines) is 1. The molecule has 2 aliphatic heterocycles. The number of hydrazone groups is 1. The number of nitrogens with zero attached hydrogens (tertiary/aromatic N) is 2. The topological polar surface area (TPSA) is 27.6 Å². The van der Waals surface area contributed by atoms with Gasteiger partial charge in [0.15, 0.2) is 0 Å². The summed E-state index contributed by atoms with van der Waals surface area (Å²) in [6.07, 6.45) is -2.33. The Labute approximate surface area is 128 Å². The Bertz CT molecular complexity index is 568. The SMILES string of the molecule is CCCN1CCC2=NNC(c3cccc(C(F)(F)F)c3)C2C1. The van der Waals surface area contributed by atoms with E-state index in [1.54, 1.807) is 6.07 Å². The molecule has 0 spiro atoms. The van der Waals surface area contributed by atoms with Crippen molar-refractivity contribution in [1.82, 2.24) is 10.3 Å². The molecule has 0 amide bonds. The maximum Gasteiger partial charge on any atom is 0.416 e. The van der Waals surface area contributed by atoms with Crippen LogP contribution in [0.25, 0.3) is 0 Å². The molecule has 1 fully saturated rings. The van der Waals surface area contributed by atoms with Crippen LogP contribution < -0.4 is 5.43 Å². The Morgan fingerprint density at radius 1 is 1.36 bits per heavy atom. The molecule has 120 valence electrons. The van der Waals surface area contributed by atoms with Crippen LogP contribution in [-0.2, 0) is 6.18 Å². The van der Waals surface area contributed by atoms with E-state index < -0.39 is 11.7 Å². The molecule has 3 rings (SSSR count). The molecule has 0 aromatic heterocycles. The van der Waals surface area contributed by atoms with Crippen molar-refractivity contribution >= 4 is 5.71 Å². The van der Waals surface area contributed by atoms with Crippen molar-refractivity contribution in [2.45, 2.75) is 32.0 Å². The lowest BCUT2D eigenvalue weighted by atomic mass is 9.86. The molecule has 2 atom stereocenters. The summed E-state index contributed by atoms with van der Waals surface area (Å²) >= 11 is 0. The highest BCUT2D eigenvalue weighted by Gasteiger charge is 2.38. The maximum absolute atomic E-state index is 12.9. The Kier molecular flexibility index (Phi) is 4.12. The molecular weight excluding hydrogens is 291 g/mol. The van der Waals surface area contributed by atoms with E-state index in [1.807, 2.05) is 0 Å². The van der Waals surface area contributed by atoms with Gasteiger partial charge in [0.1, 0.15) is 0 Å². The third-order valence-corrected chi connectivity index (χ3v) is 4.43. The zero-order valence-corrected chi connectivity index (χ0v) is 12.5. The molecule has 2 heterocycles. The fourth-order valence-electron chi connectivity index (χ4n) is 3.35. The largest absolute Gasteiger partial charge is 0.416 e. The van der Waals surface area contributed by atoms with Gasteiger partial charge in [-0.15, -0.1) is 0 Å². The van der Waals surface area contributed by atoms with Crippen LogP contribution in [0, 0.1) is 5.92 Å². The summed E-state index contributed by atoms with van der Waals surface area (Å²) in [5.74, 6) is 0.170. The molecule has 3 nitrogen and oxygen atoms in total. The predicted octanol–water partition coefficient (Wildman–Crippen LogP) is 3.44. The van der Waals surface area contributed by atoms with E-state index in [0.717, 1.165) is 44.3 Å². The van der Waals surface area contributed by atoms with Gasteiger partial charge >= 0.3 is 6.18 Å². The molecule has 2 unspecified atom stereocenters. The monoisotopic (exact) mass is 311 g/mol. The van der Waals surface area contributed by atoms with Gasteiger partial charge in [-0.05, 0) is 30.7 Å². The van der Waals surface area contributed by atoms with Gasteiger partial charge in [-0.3, -0.25) is 0 Å². The van der Waals surface area contributed by atoms with Crippen LogP contribution in [0.1, 0.15) is 36.9 Å². The van der Waals surface area contributed by atoms with Gasteiger partial charge in [0.2, 0.25) is 0 Å². The van der Waals surface area contributed by atoms with E-state index in [-0.39, 0.29) is 12.0 Å². The summed E-state index contributed by atoms with van der Waals surface area (Å²) in [5.41, 5.74) is 4.21. The first-order valence-electron chi connectivity index (χ1n) is 7.70. The van der Waals surface area contributed by atoms with E-state index in [9.17, 15) is 13.2 Å². The molecule has 0 saturated carbocycles. The number of hydrogen-bond donors (Lipinski definition) is 1. The van der Waals surface area contributed by atoms with Crippen LogP contribution in [0.2, 0.25) is 0 Å². The average Bonchev–Trinajstić information content (AvgIpc) is 2.90. The smallest absolute Gasteiger partial charge is 0.302 e. The van der Waals surface area contributed by atoms with Crippen molar-refractivity contribution in [2.24, 2.45) is 11.0 Å². The summed E-state index contributed by atoms with van der Waals surface area (Å²) < 4.78 is 38.7. The lowest BCUT2D eigenvalue weighted by molar-refractivity contribution is -0.137.